The van der Waals surface area contributed by atoms with Crippen molar-refractivity contribution >= 4 is 17.2 Å². The zero-order chi connectivity index (χ0) is 15.7. The molecular formula is C16H25N3O2S. The van der Waals surface area contributed by atoms with Crippen molar-refractivity contribution in [1.82, 2.24) is 14.8 Å². The first-order valence-electron chi connectivity index (χ1n) is 8.15. The maximum Gasteiger partial charge on any atom is 0.243 e. The second-order valence-corrected chi connectivity index (χ2v) is 7.71. The first-order chi connectivity index (χ1) is 10.6. The first-order valence-corrected chi connectivity index (χ1v) is 8.97. The van der Waals surface area contributed by atoms with Crippen LogP contribution in [0.5, 0.6) is 0 Å². The van der Waals surface area contributed by atoms with Crippen LogP contribution in [-0.4, -0.2) is 57.6 Å². The number of β-amino-alcohol motifs (C(OH)–C–C–N with tert-alkyl or cyclic N) is 1. The summed E-state index contributed by atoms with van der Waals surface area (Å²) in [7, 11) is 0. The number of piperidine rings is 1. The van der Waals surface area contributed by atoms with Gasteiger partial charge in [-0.25, -0.2) is 4.98 Å². The van der Waals surface area contributed by atoms with Gasteiger partial charge >= 0.3 is 0 Å². The highest BCUT2D eigenvalue weighted by Crippen LogP contribution is 2.39. The lowest BCUT2D eigenvalue weighted by Gasteiger charge is -2.44. The van der Waals surface area contributed by atoms with Crippen molar-refractivity contribution in [2.75, 3.05) is 26.2 Å². The molecule has 6 heteroatoms. The summed E-state index contributed by atoms with van der Waals surface area (Å²) < 4.78 is 0. The van der Waals surface area contributed by atoms with Gasteiger partial charge < -0.3 is 10.0 Å². The van der Waals surface area contributed by atoms with E-state index >= 15 is 0 Å². The van der Waals surface area contributed by atoms with E-state index in [4.69, 9.17) is 0 Å². The summed E-state index contributed by atoms with van der Waals surface area (Å²) in [5.41, 5.74) is 0.762. The van der Waals surface area contributed by atoms with E-state index in [1.54, 1.807) is 11.3 Å². The number of aryl methyl sites for hydroxylation is 2. The van der Waals surface area contributed by atoms with Crippen LogP contribution >= 0.6 is 11.3 Å². The van der Waals surface area contributed by atoms with E-state index in [-0.39, 0.29) is 18.1 Å². The van der Waals surface area contributed by atoms with Gasteiger partial charge in [0.05, 0.1) is 17.3 Å². The lowest BCUT2D eigenvalue weighted by atomic mass is 9.85. The topological polar surface area (TPSA) is 56.7 Å². The Morgan fingerprint density at radius 2 is 2.00 bits per heavy atom. The summed E-state index contributed by atoms with van der Waals surface area (Å²) in [6.07, 6.45) is 4.01. The van der Waals surface area contributed by atoms with Crippen LogP contribution in [0.4, 0.5) is 0 Å². The quantitative estimate of drug-likeness (QED) is 0.916. The van der Waals surface area contributed by atoms with Crippen LogP contribution in [0.2, 0.25) is 0 Å². The van der Waals surface area contributed by atoms with Crippen LogP contribution in [0.25, 0.3) is 0 Å². The van der Waals surface area contributed by atoms with E-state index in [2.05, 4.69) is 16.8 Å². The number of carbonyl (C=O) groups excluding carboxylic acids is 1. The highest BCUT2D eigenvalue weighted by molar-refractivity contribution is 7.11. The molecule has 2 saturated heterocycles. The summed E-state index contributed by atoms with van der Waals surface area (Å²) in [6, 6.07) is 0. The molecule has 122 valence electrons. The molecule has 1 aromatic rings. The molecule has 1 spiro atoms. The lowest BCUT2D eigenvalue weighted by molar-refractivity contribution is -0.148. The zero-order valence-corrected chi connectivity index (χ0v) is 14.3. The molecule has 2 aliphatic rings. The van der Waals surface area contributed by atoms with E-state index in [1.807, 2.05) is 11.8 Å². The average Bonchev–Trinajstić information content (AvgIpc) is 3.01. The maximum absolute atomic E-state index is 13.0. The molecular weight excluding hydrogens is 298 g/mol. The molecule has 0 radical (unpaired) electrons. The average molecular weight is 323 g/mol. The number of nitrogens with zero attached hydrogens (tertiary/aromatic N) is 3. The van der Waals surface area contributed by atoms with Crippen LogP contribution in [-0.2, 0) is 11.3 Å². The lowest BCUT2D eigenvalue weighted by Crippen LogP contribution is -2.60. The predicted molar refractivity (Wildman–Crippen MR) is 86.9 cm³/mol. The van der Waals surface area contributed by atoms with Gasteiger partial charge in [0.2, 0.25) is 5.91 Å². The molecule has 0 saturated carbocycles. The van der Waals surface area contributed by atoms with Crippen molar-refractivity contribution in [3.8, 4) is 0 Å². The Morgan fingerprint density at radius 1 is 1.27 bits per heavy atom. The molecule has 1 unspecified atom stereocenters. The number of thiazole rings is 1. The number of aromatic nitrogens is 1. The molecule has 1 N–H and O–H groups in total. The highest BCUT2D eigenvalue weighted by Gasteiger charge is 2.50. The summed E-state index contributed by atoms with van der Waals surface area (Å²) in [6.45, 7) is 7.21. The Bertz CT molecular complexity index is 558. The van der Waals surface area contributed by atoms with E-state index < -0.39 is 0 Å². The SMILES string of the molecule is Cc1nc(C)c(CN2CCCC23CCCN(CCO)C3=O)s1. The van der Waals surface area contributed by atoms with Crippen LogP contribution in [0.15, 0.2) is 0 Å². The molecule has 2 aliphatic heterocycles. The third-order valence-corrected chi connectivity index (χ3v) is 6.09. The van der Waals surface area contributed by atoms with Gasteiger partial charge in [0.15, 0.2) is 0 Å². The van der Waals surface area contributed by atoms with Gasteiger partial charge in [0.25, 0.3) is 0 Å². The third-order valence-electron chi connectivity index (χ3n) is 5.03. The van der Waals surface area contributed by atoms with E-state index in [0.717, 1.165) is 56.0 Å². The molecule has 22 heavy (non-hydrogen) atoms. The molecule has 1 amide bonds. The standard InChI is InChI=1S/C16H25N3O2S/c1-12-14(22-13(2)17-12)11-19-8-4-6-16(19)5-3-7-18(9-10-20)15(16)21/h20H,3-11H2,1-2H3. The van der Waals surface area contributed by atoms with Gasteiger partial charge in [-0.3, -0.25) is 9.69 Å². The summed E-state index contributed by atoms with van der Waals surface area (Å²) >= 11 is 1.74. The van der Waals surface area contributed by atoms with Crippen LogP contribution in [0.1, 0.15) is 41.3 Å². The van der Waals surface area contributed by atoms with Crippen LogP contribution in [0.3, 0.4) is 0 Å². The highest BCUT2D eigenvalue weighted by atomic mass is 32.1. The second-order valence-electron chi connectivity index (χ2n) is 6.42. The Kier molecular flexibility index (Phi) is 4.52. The number of likely N-dealkylation sites (tertiary alicyclic amines) is 2. The second kappa shape index (κ2) is 6.26. The molecule has 0 aliphatic carbocycles. The minimum absolute atomic E-state index is 0.0506. The molecule has 3 rings (SSSR count). The summed E-state index contributed by atoms with van der Waals surface area (Å²) in [5.74, 6) is 0.226. The molecule has 1 aromatic heterocycles. The van der Waals surface area contributed by atoms with Gasteiger partial charge in [-0.15, -0.1) is 11.3 Å². The monoisotopic (exact) mass is 323 g/mol. The molecule has 3 heterocycles. The van der Waals surface area contributed by atoms with Gasteiger partial charge in [0, 0.05) is 24.5 Å². The largest absolute Gasteiger partial charge is 0.395 e. The fraction of sp³-hybridized carbons (Fsp3) is 0.750. The van der Waals surface area contributed by atoms with Crippen LogP contribution < -0.4 is 0 Å². The predicted octanol–water partition coefficient (Wildman–Crippen LogP) is 1.71. The smallest absolute Gasteiger partial charge is 0.243 e. The molecule has 5 nitrogen and oxygen atoms in total. The third kappa shape index (κ3) is 2.68. The minimum Gasteiger partial charge on any atom is -0.395 e. The Balaban J connectivity index is 1.82. The number of carbonyl (C=O) groups is 1. The molecule has 2 fully saturated rings. The zero-order valence-electron chi connectivity index (χ0n) is 13.5. The van der Waals surface area contributed by atoms with Gasteiger partial charge in [0.1, 0.15) is 5.54 Å². The van der Waals surface area contributed by atoms with Crippen molar-refractivity contribution in [2.45, 2.75) is 51.6 Å². The van der Waals surface area contributed by atoms with Crippen molar-refractivity contribution in [2.24, 2.45) is 0 Å². The fourth-order valence-electron chi connectivity index (χ4n) is 3.98. The van der Waals surface area contributed by atoms with E-state index in [1.165, 1.54) is 4.88 Å². The van der Waals surface area contributed by atoms with Gasteiger partial charge in [-0.1, -0.05) is 0 Å². The summed E-state index contributed by atoms with van der Waals surface area (Å²) in [4.78, 5) is 23.0. The number of hydrogen-bond donors (Lipinski definition) is 1. The van der Waals surface area contributed by atoms with E-state index in [9.17, 15) is 9.90 Å². The number of hydrogen-bond acceptors (Lipinski definition) is 5. The first kappa shape index (κ1) is 15.9. The van der Waals surface area contributed by atoms with Crippen molar-refractivity contribution in [3.05, 3.63) is 15.6 Å². The minimum atomic E-state index is -0.336. The van der Waals surface area contributed by atoms with Gasteiger partial charge in [-0.05, 0) is 46.1 Å². The Labute approximate surface area is 135 Å². The normalized spacial score (nSPS) is 26.3. The Morgan fingerprint density at radius 3 is 2.64 bits per heavy atom. The van der Waals surface area contributed by atoms with Crippen molar-refractivity contribution < 1.29 is 9.90 Å². The van der Waals surface area contributed by atoms with Crippen LogP contribution in [0, 0.1) is 13.8 Å². The maximum atomic E-state index is 13.0. The number of amides is 1. The molecule has 1 atom stereocenters. The number of aliphatic hydroxyl groups excluding tert-OH is 1. The Hall–Kier alpha value is -0.980. The number of aliphatic hydroxyl groups is 1. The molecule has 0 bridgehead atoms. The van der Waals surface area contributed by atoms with E-state index in [0.29, 0.717) is 6.54 Å². The van der Waals surface area contributed by atoms with Gasteiger partial charge in [-0.2, -0.15) is 0 Å². The summed E-state index contributed by atoms with van der Waals surface area (Å²) in [5, 5.41) is 10.3. The van der Waals surface area contributed by atoms with Crippen molar-refractivity contribution in [3.63, 3.8) is 0 Å². The number of rotatable bonds is 4. The fourth-order valence-corrected chi connectivity index (χ4v) is 4.94. The molecule has 0 aromatic carbocycles. The van der Waals surface area contributed by atoms with Crippen molar-refractivity contribution in [1.29, 1.82) is 0 Å².